The number of para-hydroxylation sites is 2. The van der Waals surface area contributed by atoms with Crippen LogP contribution in [0.2, 0.25) is 0 Å². The minimum Gasteiger partial charge on any atom is -0.330 e. The van der Waals surface area contributed by atoms with E-state index in [0.717, 1.165) is 12.1 Å². The molecule has 1 aromatic carbocycles. The Morgan fingerprint density at radius 2 is 2.08 bits per heavy atom. The predicted molar refractivity (Wildman–Crippen MR) is 54.6 cm³/mol. The first-order valence-corrected chi connectivity index (χ1v) is 4.67. The molecule has 2 rings (SSSR count). The number of rotatable bonds is 2. The fourth-order valence-electron chi connectivity index (χ4n) is 1.55. The Morgan fingerprint density at radius 1 is 1.31 bits per heavy atom. The van der Waals surface area contributed by atoms with E-state index in [1.807, 2.05) is 18.5 Å². The third kappa shape index (κ3) is 1.57. The minimum atomic E-state index is 0.664. The van der Waals surface area contributed by atoms with E-state index in [1.165, 1.54) is 5.52 Å². The van der Waals surface area contributed by atoms with Crippen LogP contribution in [0.3, 0.4) is 0 Å². The molecule has 13 heavy (non-hydrogen) atoms. The molecule has 0 saturated heterocycles. The third-order valence-electron chi connectivity index (χ3n) is 2.09. The summed E-state index contributed by atoms with van der Waals surface area (Å²) in [6.45, 7) is 5.48. The van der Waals surface area contributed by atoms with Crippen molar-refractivity contribution in [2.45, 2.75) is 20.4 Å². The first kappa shape index (κ1) is 8.30. The van der Waals surface area contributed by atoms with Crippen LogP contribution >= 0.6 is 0 Å². The summed E-state index contributed by atoms with van der Waals surface area (Å²) in [6, 6.07) is 8.24. The number of benzene rings is 1. The Kier molecular flexibility index (Phi) is 2.05. The highest BCUT2D eigenvalue weighted by molar-refractivity contribution is 5.74. The summed E-state index contributed by atoms with van der Waals surface area (Å²) in [4.78, 5) is 4.33. The topological polar surface area (TPSA) is 17.8 Å². The Balaban J connectivity index is 2.46. The van der Waals surface area contributed by atoms with E-state index >= 15 is 0 Å². The lowest BCUT2D eigenvalue weighted by Gasteiger charge is -2.06. The standard InChI is InChI=1S/C11H14N2/c1-9(2)7-13-8-12-10-5-3-4-6-11(10)13/h3-6,8-9H,7H2,1-2H3. The van der Waals surface area contributed by atoms with Crippen molar-refractivity contribution < 1.29 is 0 Å². The maximum absolute atomic E-state index is 4.33. The van der Waals surface area contributed by atoms with E-state index < -0.39 is 0 Å². The molecule has 0 N–H and O–H groups in total. The van der Waals surface area contributed by atoms with Crippen molar-refractivity contribution in [3.05, 3.63) is 30.6 Å². The van der Waals surface area contributed by atoms with Gasteiger partial charge in [-0.2, -0.15) is 0 Å². The van der Waals surface area contributed by atoms with Crippen molar-refractivity contribution in [1.82, 2.24) is 9.55 Å². The molecule has 0 saturated carbocycles. The van der Waals surface area contributed by atoms with Gasteiger partial charge in [-0.25, -0.2) is 4.98 Å². The van der Waals surface area contributed by atoms with E-state index in [0.29, 0.717) is 5.92 Å². The Bertz CT molecular complexity index is 401. The van der Waals surface area contributed by atoms with E-state index in [2.05, 4.69) is 35.5 Å². The fourth-order valence-corrected chi connectivity index (χ4v) is 1.55. The van der Waals surface area contributed by atoms with Crippen LogP contribution in [-0.2, 0) is 6.54 Å². The zero-order valence-electron chi connectivity index (χ0n) is 8.07. The number of nitrogens with zero attached hydrogens (tertiary/aromatic N) is 2. The lowest BCUT2D eigenvalue weighted by molar-refractivity contribution is 0.533. The van der Waals surface area contributed by atoms with Gasteiger partial charge in [0.15, 0.2) is 0 Å². The lowest BCUT2D eigenvalue weighted by Crippen LogP contribution is -2.02. The summed E-state index contributed by atoms with van der Waals surface area (Å²) in [5.74, 6) is 0.664. The molecular weight excluding hydrogens is 160 g/mol. The van der Waals surface area contributed by atoms with Gasteiger partial charge >= 0.3 is 0 Å². The average molecular weight is 174 g/mol. The molecular formula is C11H14N2. The molecule has 0 unspecified atom stereocenters. The second-order valence-corrected chi connectivity index (χ2v) is 3.78. The quantitative estimate of drug-likeness (QED) is 0.684. The van der Waals surface area contributed by atoms with Crippen LogP contribution in [-0.4, -0.2) is 9.55 Å². The summed E-state index contributed by atoms with van der Waals surface area (Å²) in [5.41, 5.74) is 2.32. The highest BCUT2D eigenvalue weighted by Crippen LogP contribution is 2.13. The van der Waals surface area contributed by atoms with Crippen LogP contribution < -0.4 is 0 Å². The highest BCUT2D eigenvalue weighted by Gasteiger charge is 2.01. The number of imidazole rings is 1. The molecule has 0 atom stereocenters. The smallest absolute Gasteiger partial charge is 0.0958 e. The molecule has 0 bridgehead atoms. The van der Waals surface area contributed by atoms with Gasteiger partial charge in [0, 0.05) is 6.54 Å². The van der Waals surface area contributed by atoms with Crippen molar-refractivity contribution in [2.75, 3.05) is 0 Å². The van der Waals surface area contributed by atoms with Crippen LogP contribution in [0, 0.1) is 5.92 Å². The largest absolute Gasteiger partial charge is 0.330 e. The van der Waals surface area contributed by atoms with Crippen molar-refractivity contribution in [2.24, 2.45) is 5.92 Å². The van der Waals surface area contributed by atoms with Crippen molar-refractivity contribution >= 4 is 11.0 Å². The number of fused-ring (bicyclic) bond motifs is 1. The molecule has 0 aliphatic heterocycles. The molecule has 0 aliphatic rings. The van der Waals surface area contributed by atoms with Gasteiger partial charge in [0.25, 0.3) is 0 Å². The molecule has 0 amide bonds. The van der Waals surface area contributed by atoms with Gasteiger partial charge in [-0.15, -0.1) is 0 Å². The molecule has 1 aromatic heterocycles. The van der Waals surface area contributed by atoms with Crippen LogP contribution in [0.5, 0.6) is 0 Å². The first-order chi connectivity index (χ1) is 6.27. The van der Waals surface area contributed by atoms with Crippen LogP contribution in [0.4, 0.5) is 0 Å². The third-order valence-corrected chi connectivity index (χ3v) is 2.09. The normalized spacial score (nSPS) is 11.3. The van der Waals surface area contributed by atoms with Gasteiger partial charge in [-0.3, -0.25) is 0 Å². The van der Waals surface area contributed by atoms with Crippen LogP contribution in [0.25, 0.3) is 11.0 Å². The predicted octanol–water partition coefficient (Wildman–Crippen LogP) is 2.69. The Hall–Kier alpha value is -1.31. The van der Waals surface area contributed by atoms with Crippen molar-refractivity contribution in [3.63, 3.8) is 0 Å². The van der Waals surface area contributed by atoms with E-state index in [1.54, 1.807) is 0 Å². The van der Waals surface area contributed by atoms with Crippen molar-refractivity contribution in [1.29, 1.82) is 0 Å². The molecule has 2 nitrogen and oxygen atoms in total. The van der Waals surface area contributed by atoms with E-state index in [4.69, 9.17) is 0 Å². The van der Waals surface area contributed by atoms with Crippen LogP contribution in [0.15, 0.2) is 30.6 Å². The fraction of sp³-hybridized carbons (Fsp3) is 0.364. The molecule has 2 heteroatoms. The SMILES string of the molecule is CC(C)Cn1cnc2ccccc21. The Morgan fingerprint density at radius 3 is 2.85 bits per heavy atom. The first-order valence-electron chi connectivity index (χ1n) is 4.67. The second-order valence-electron chi connectivity index (χ2n) is 3.78. The molecule has 0 radical (unpaired) electrons. The maximum atomic E-state index is 4.33. The van der Waals surface area contributed by atoms with Crippen LogP contribution in [0.1, 0.15) is 13.8 Å². The summed E-state index contributed by atoms with van der Waals surface area (Å²) in [5, 5.41) is 0. The van der Waals surface area contributed by atoms with Gasteiger partial charge < -0.3 is 4.57 Å². The zero-order valence-corrected chi connectivity index (χ0v) is 8.07. The van der Waals surface area contributed by atoms with Gasteiger partial charge in [-0.1, -0.05) is 26.0 Å². The summed E-state index contributed by atoms with van der Waals surface area (Å²) < 4.78 is 2.21. The summed E-state index contributed by atoms with van der Waals surface area (Å²) >= 11 is 0. The molecule has 0 aliphatic carbocycles. The van der Waals surface area contributed by atoms with Crippen molar-refractivity contribution in [3.8, 4) is 0 Å². The lowest BCUT2D eigenvalue weighted by atomic mass is 10.2. The number of aromatic nitrogens is 2. The monoisotopic (exact) mass is 174 g/mol. The molecule has 2 aromatic rings. The van der Waals surface area contributed by atoms with Gasteiger partial charge in [0.1, 0.15) is 0 Å². The second kappa shape index (κ2) is 3.21. The van der Waals surface area contributed by atoms with E-state index in [9.17, 15) is 0 Å². The average Bonchev–Trinajstić information content (AvgIpc) is 2.48. The molecule has 1 heterocycles. The molecule has 0 spiro atoms. The van der Waals surface area contributed by atoms with Gasteiger partial charge in [0.2, 0.25) is 0 Å². The molecule has 68 valence electrons. The van der Waals surface area contributed by atoms with Gasteiger partial charge in [0.05, 0.1) is 17.4 Å². The maximum Gasteiger partial charge on any atom is 0.0958 e. The summed E-state index contributed by atoms with van der Waals surface area (Å²) in [6.07, 6.45) is 1.92. The van der Waals surface area contributed by atoms with E-state index in [-0.39, 0.29) is 0 Å². The minimum absolute atomic E-state index is 0.664. The number of hydrogen-bond donors (Lipinski definition) is 0. The summed E-state index contributed by atoms with van der Waals surface area (Å²) in [7, 11) is 0. The highest BCUT2D eigenvalue weighted by atomic mass is 15.0. The Labute approximate surface area is 78.2 Å². The number of hydrogen-bond acceptors (Lipinski definition) is 1. The molecule has 0 fully saturated rings. The zero-order chi connectivity index (χ0) is 9.26. The van der Waals surface area contributed by atoms with Gasteiger partial charge in [-0.05, 0) is 18.1 Å².